The zero-order valence-corrected chi connectivity index (χ0v) is 6.76. The Labute approximate surface area is 66.1 Å². The molecule has 5 fully saturated rings. The standard InChI is InChI=1S/C10H12O/c1-8-7-10(8)6(4-11-7)2-5-3-9(5,8)10/h5-7H,2-4H2,1H3/t5?,6?,7?,8?,9-,10?/m0/s1. The van der Waals surface area contributed by atoms with E-state index in [-0.39, 0.29) is 0 Å². The van der Waals surface area contributed by atoms with Crippen LogP contribution in [0.5, 0.6) is 0 Å². The van der Waals surface area contributed by atoms with Crippen molar-refractivity contribution < 1.29 is 4.74 Å². The fraction of sp³-hybridized carbons (Fsp3) is 1.00. The minimum Gasteiger partial charge on any atom is -0.377 e. The number of fused-ring (bicyclic) bond motifs is 1. The largest absolute Gasteiger partial charge is 0.377 e. The van der Waals surface area contributed by atoms with Gasteiger partial charge in [0.25, 0.3) is 0 Å². The van der Waals surface area contributed by atoms with Crippen LogP contribution in [-0.4, -0.2) is 12.7 Å². The first-order valence-electron chi connectivity index (χ1n) is 4.92. The first-order valence-corrected chi connectivity index (χ1v) is 4.92. The summed E-state index contributed by atoms with van der Waals surface area (Å²) in [5.74, 6) is 2.15. The molecule has 58 valence electrons. The number of rotatable bonds is 0. The molecule has 6 atom stereocenters. The maximum atomic E-state index is 5.81. The minimum absolute atomic E-state index is 0.714. The van der Waals surface area contributed by atoms with Crippen molar-refractivity contribution in [2.24, 2.45) is 28.1 Å². The van der Waals surface area contributed by atoms with Crippen LogP contribution < -0.4 is 0 Å². The second-order valence-electron chi connectivity index (χ2n) is 5.59. The van der Waals surface area contributed by atoms with Crippen molar-refractivity contribution in [3.8, 4) is 0 Å². The van der Waals surface area contributed by atoms with Crippen LogP contribution in [0.1, 0.15) is 19.8 Å². The van der Waals surface area contributed by atoms with Crippen molar-refractivity contribution in [3.63, 3.8) is 0 Å². The van der Waals surface area contributed by atoms with Gasteiger partial charge in [-0.3, -0.25) is 0 Å². The van der Waals surface area contributed by atoms with Gasteiger partial charge in [-0.05, 0) is 30.1 Å². The lowest BCUT2D eigenvalue weighted by molar-refractivity contribution is 0.0697. The van der Waals surface area contributed by atoms with Gasteiger partial charge in [0.05, 0.1) is 12.7 Å². The van der Waals surface area contributed by atoms with Crippen LogP contribution in [-0.2, 0) is 4.74 Å². The summed E-state index contributed by atoms with van der Waals surface area (Å²) in [6.07, 6.45) is 3.82. The SMILES string of the molecule is CC12C3OCC4CC5C[C@]51C432. The molecule has 0 N–H and O–H groups in total. The lowest BCUT2D eigenvalue weighted by atomic mass is 9.95. The van der Waals surface area contributed by atoms with Crippen LogP contribution in [0.2, 0.25) is 0 Å². The molecular weight excluding hydrogens is 136 g/mol. The second-order valence-corrected chi connectivity index (χ2v) is 5.59. The summed E-state index contributed by atoms with van der Waals surface area (Å²) in [6.45, 7) is 3.60. The molecular formula is C10H12O. The molecule has 1 heterocycles. The Kier molecular flexibility index (Phi) is 0.368. The van der Waals surface area contributed by atoms with Crippen molar-refractivity contribution in [1.29, 1.82) is 0 Å². The third kappa shape index (κ3) is 0.182. The summed E-state index contributed by atoms with van der Waals surface area (Å²) in [4.78, 5) is 0. The highest BCUT2D eigenvalue weighted by molar-refractivity contribution is 5.60. The maximum absolute atomic E-state index is 5.81. The van der Waals surface area contributed by atoms with Gasteiger partial charge in [0.1, 0.15) is 0 Å². The summed E-state index contributed by atoms with van der Waals surface area (Å²) >= 11 is 0. The normalized spacial score (nSPS) is 90.8. The molecule has 4 aliphatic carbocycles. The van der Waals surface area contributed by atoms with Crippen molar-refractivity contribution in [3.05, 3.63) is 0 Å². The van der Waals surface area contributed by atoms with Crippen LogP contribution in [0, 0.1) is 28.1 Å². The molecule has 1 heteroatoms. The summed E-state index contributed by atoms with van der Waals surface area (Å²) in [5.41, 5.74) is 2.38. The smallest absolute Gasteiger partial charge is 0.0712 e. The van der Waals surface area contributed by atoms with Crippen LogP contribution in [0.3, 0.4) is 0 Å². The van der Waals surface area contributed by atoms with Gasteiger partial charge >= 0.3 is 0 Å². The van der Waals surface area contributed by atoms with Gasteiger partial charge in [-0.25, -0.2) is 0 Å². The van der Waals surface area contributed by atoms with E-state index in [1.54, 1.807) is 6.42 Å². The molecule has 0 bridgehead atoms. The minimum atomic E-state index is 0.714. The maximum Gasteiger partial charge on any atom is 0.0712 e. The quantitative estimate of drug-likeness (QED) is 0.505. The zero-order chi connectivity index (χ0) is 7.06. The molecule has 0 aromatic carbocycles. The average molecular weight is 148 g/mol. The molecule has 4 saturated carbocycles. The molecule has 0 aromatic heterocycles. The van der Waals surface area contributed by atoms with Gasteiger partial charge in [0, 0.05) is 10.8 Å². The molecule has 5 aliphatic rings. The highest BCUT2D eigenvalue weighted by Crippen LogP contribution is 3.13. The third-order valence-corrected chi connectivity index (χ3v) is 6.10. The Morgan fingerprint density at radius 1 is 1.36 bits per heavy atom. The predicted octanol–water partition coefficient (Wildman–Crippen LogP) is 1.43. The monoisotopic (exact) mass is 148 g/mol. The average Bonchev–Trinajstić information content (AvgIpc) is 2.81. The first kappa shape index (κ1) is 4.86. The summed E-state index contributed by atoms with van der Waals surface area (Å²) in [7, 11) is 0. The summed E-state index contributed by atoms with van der Waals surface area (Å²) < 4.78 is 5.81. The van der Waals surface area contributed by atoms with Crippen LogP contribution in [0.15, 0.2) is 0 Å². The van der Waals surface area contributed by atoms with E-state index in [9.17, 15) is 0 Å². The molecule has 1 saturated heterocycles. The van der Waals surface area contributed by atoms with E-state index >= 15 is 0 Å². The zero-order valence-electron chi connectivity index (χ0n) is 6.76. The van der Waals surface area contributed by atoms with E-state index in [1.807, 2.05) is 0 Å². The van der Waals surface area contributed by atoms with E-state index in [0.29, 0.717) is 5.41 Å². The van der Waals surface area contributed by atoms with E-state index in [1.165, 1.54) is 6.42 Å². The molecule has 5 rings (SSSR count). The molecule has 5 unspecified atom stereocenters. The molecule has 1 aliphatic heterocycles. The Morgan fingerprint density at radius 3 is 3.00 bits per heavy atom. The highest BCUT2D eigenvalue weighted by Gasteiger charge is 3.14. The van der Waals surface area contributed by atoms with E-state index in [2.05, 4.69) is 6.92 Å². The Balaban J connectivity index is 1.87. The third-order valence-electron chi connectivity index (χ3n) is 6.10. The molecule has 1 nitrogen and oxygen atoms in total. The van der Waals surface area contributed by atoms with Gasteiger partial charge in [-0.15, -0.1) is 0 Å². The van der Waals surface area contributed by atoms with Crippen molar-refractivity contribution in [2.45, 2.75) is 25.9 Å². The molecule has 0 radical (unpaired) electrons. The Hall–Kier alpha value is -0.0400. The van der Waals surface area contributed by atoms with Crippen LogP contribution >= 0.6 is 0 Å². The topological polar surface area (TPSA) is 9.23 Å². The predicted molar refractivity (Wildman–Crippen MR) is 38.9 cm³/mol. The van der Waals surface area contributed by atoms with E-state index in [0.717, 1.165) is 35.4 Å². The lowest BCUT2D eigenvalue weighted by Crippen LogP contribution is -2.15. The molecule has 2 spiro atoms. The molecule has 11 heavy (non-hydrogen) atoms. The van der Waals surface area contributed by atoms with Crippen LogP contribution in [0.4, 0.5) is 0 Å². The molecule has 0 aromatic rings. The Bertz CT molecular complexity index is 306. The number of hydrogen-bond acceptors (Lipinski definition) is 1. The van der Waals surface area contributed by atoms with Gasteiger partial charge < -0.3 is 4.74 Å². The van der Waals surface area contributed by atoms with E-state index < -0.39 is 0 Å². The van der Waals surface area contributed by atoms with Gasteiger partial charge in [-0.2, -0.15) is 0 Å². The fourth-order valence-electron chi connectivity index (χ4n) is 5.91. The fourth-order valence-corrected chi connectivity index (χ4v) is 5.91. The van der Waals surface area contributed by atoms with Gasteiger partial charge in [0.15, 0.2) is 0 Å². The van der Waals surface area contributed by atoms with E-state index in [4.69, 9.17) is 4.74 Å². The van der Waals surface area contributed by atoms with Crippen molar-refractivity contribution in [2.75, 3.05) is 6.61 Å². The second kappa shape index (κ2) is 0.834. The van der Waals surface area contributed by atoms with Crippen molar-refractivity contribution >= 4 is 0 Å². The number of hydrogen-bond donors (Lipinski definition) is 0. The first-order chi connectivity index (χ1) is 5.30. The van der Waals surface area contributed by atoms with Crippen molar-refractivity contribution in [1.82, 2.24) is 0 Å². The Morgan fingerprint density at radius 2 is 2.27 bits per heavy atom. The summed E-state index contributed by atoms with van der Waals surface area (Å²) in [6, 6.07) is 0. The lowest BCUT2D eigenvalue weighted by Gasteiger charge is -2.13. The van der Waals surface area contributed by atoms with Gasteiger partial charge in [0.2, 0.25) is 0 Å². The number of ether oxygens (including phenoxy) is 1. The summed E-state index contributed by atoms with van der Waals surface area (Å²) in [5, 5.41) is 0. The molecule has 0 amide bonds. The highest BCUT2D eigenvalue weighted by atomic mass is 16.5. The van der Waals surface area contributed by atoms with Gasteiger partial charge in [-0.1, -0.05) is 6.92 Å². The van der Waals surface area contributed by atoms with Crippen LogP contribution in [0.25, 0.3) is 0 Å².